The minimum Gasteiger partial charge on any atom is -0.494 e. The fourth-order valence-corrected chi connectivity index (χ4v) is 4.15. The molecule has 0 N–H and O–H groups in total. The van der Waals surface area contributed by atoms with E-state index in [0.717, 1.165) is 42.6 Å². The van der Waals surface area contributed by atoms with Gasteiger partial charge in [0.25, 0.3) is 5.91 Å². The van der Waals surface area contributed by atoms with Crippen LogP contribution in [-0.2, 0) is 6.54 Å². The highest BCUT2D eigenvalue weighted by Gasteiger charge is 2.28. The highest BCUT2D eigenvalue weighted by atomic mass is 16.5. The first-order valence-electron chi connectivity index (χ1n) is 11.1. The number of nitrogens with zero attached hydrogens (tertiary/aromatic N) is 3. The van der Waals surface area contributed by atoms with Crippen molar-refractivity contribution >= 4 is 5.91 Å². The zero-order valence-electron chi connectivity index (χ0n) is 18.2. The lowest BCUT2D eigenvalue weighted by Gasteiger charge is -2.33. The summed E-state index contributed by atoms with van der Waals surface area (Å²) in [6, 6.07) is 15.5. The van der Waals surface area contributed by atoms with Gasteiger partial charge in [-0.3, -0.25) is 4.79 Å². The van der Waals surface area contributed by atoms with Crippen molar-refractivity contribution < 1.29 is 14.1 Å². The lowest BCUT2D eigenvalue weighted by atomic mass is 9.93. The number of carbonyl (C=O) groups excluding carboxylic acids is 1. The largest absolute Gasteiger partial charge is 0.494 e. The summed E-state index contributed by atoms with van der Waals surface area (Å²) >= 11 is 0. The molecule has 1 amide bonds. The number of benzene rings is 2. The Hall–Kier alpha value is -3.15. The van der Waals surface area contributed by atoms with Crippen LogP contribution in [0.5, 0.6) is 5.75 Å². The predicted molar refractivity (Wildman–Crippen MR) is 119 cm³/mol. The van der Waals surface area contributed by atoms with E-state index in [2.05, 4.69) is 10.1 Å². The molecule has 1 saturated carbocycles. The molecule has 1 heterocycles. The van der Waals surface area contributed by atoms with E-state index in [9.17, 15) is 4.79 Å². The molecule has 0 spiro atoms. The average Bonchev–Trinajstić information content (AvgIpc) is 3.27. The van der Waals surface area contributed by atoms with Gasteiger partial charge in [-0.25, -0.2) is 0 Å². The molecule has 1 aliphatic carbocycles. The Balaban J connectivity index is 1.56. The van der Waals surface area contributed by atoms with E-state index in [0.29, 0.717) is 30.4 Å². The molecule has 0 aliphatic heterocycles. The third-order valence-corrected chi connectivity index (χ3v) is 5.74. The lowest BCUT2D eigenvalue weighted by Crippen LogP contribution is -2.41. The summed E-state index contributed by atoms with van der Waals surface area (Å²) < 4.78 is 11.1. The summed E-state index contributed by atoms with van der Waals surface area (Å²) in [5, 5.41) is 4.15. The van der Waals surface area contributed by atoms with E-state index in [4.69, 9.17) is 9.26 Å². The maximum Gasteiger partial charge on any atom is 0.254 e. The molecule has 4 rings (SSSR count). The molecular weight excluding hydrogens is 390 g/mol. The third kappa shape index (κ3) is 5.13. The van der Waals surface area contributed by atoms with Crippen LogP contribution < -0.4 is 4.74 Å². The summed E-state index contributed by atoms with van der Waals surface area (Å²) in [6.07, 6.45) is 5.50. The molecule has 6 heteroatoms. The topological polar surface area (TPSA) is 68.5 Å². The quantitative estimate of drug-likeness (QED) is 0.511. The second-order valence-corrected chi connectivity index (χ2v) is 8.06. The Bertz CT molecular complexity index is 1010. The highest BCUT2D eigenvalue weighted by molar-refractivity contribution is 5.94. The SMILES string of the molecule is CCOc1ccc(C(=O)N(Cc2nc(-c3cccc(C)c3)no2)C2CCCCC2)cc1. The van der Waals surface area contributed by atoms with Crippen molar-refractivity contribution in [2.75, 3.05) is 6.61 Å². The van der Waals surface area contributed by atoms with Gasteiger partial charge in [-0.2, -0.15) is 4.98 Å². The molecule has 0 bridgehead atoms. The van der Waals surface area contributed by atoms with Crippen LogP contribution in [0.25, 0.3) is 11.4 Å². The Morgan fingerprint density at radius 2 is 1.90 bits per heavy atom. The summed E-state index contributed by atoms with van der Waals surface area (Å²) in [4.78, 5) is 19.9. The fraction of sp³-hybridized carbons (Fsp3) is 0.400. The van der Waals surface area contributed by atoms with E-state index >= 15 is 0 Å². The molecular formula is C25H29N3O3. The second-order valence-electron chi connectivity index (χ2n) is 8.06. The van der Waals surface area contributed by atoms with Crippen molar-refractivity contribution in [1.82, 2.24) is 15.0 Å². The monoisotopic (exact) mass is 419 g/mol. The van der Waals surface area contributed by atoms with Crippen LogP contribution in [-0.4, -0.2) is 33.6 Å². The zero-order valence-corrected chi connectivity index (χ0v) is 18.2. The molecule has 0 atom stereocenters. The van der Waals surface area contributed by atoms with Gasteiger partial charge in [0.15, 0.2) is 0 Å². The van der Waals surface area contributed by atoms with Crippen molar-refractivity contribution in [2.45, 2.75) is 58.5 Å². The molecule has 1 fully saturated rings. The smallest absolute Gasteiger partial charge is 0.254 e. The number of aryl methyl sites for hydroxylation is 1. The third-order valence-electron chi connectivity index (χ3n) is 5.74. The molecule has 0 saturated heterocycles. The maximum atomic E-state index is 13.4. The van der Waals surface area contributed by atoms with Crippen molar-refractivity contribution in [3.05, 3.63) is 65.5 Å². The minimum absolute atomic E-state index is 0.00902. The van der Waals surface area contributed by atoms with E-state index in [-0.39, 0.29) is 11.9 Å². The number of hydrogen-bond acceptors (Lipinski definition) is 5. The molecule has 1 aliphatic rings. The van der Waals surface area contributed by atoms with Crippen LogP contribution in [0.2, 0.25) is 0 Å². The number of carbonyl (C=O) groups is 1. The van der Waals surface area contributed by atoms with Crippen LogP contribution in [0.4, 0.5) is 0 Å². The molecule has 3 aromatic rings. The van der Waals surface area contributed by atoms with Crippen LogP contribution in [0, 0.1) is 6.92 Å². The van der Waals surface area contributed by atoms with Crippen molar-refractivity contribution in [3.8, 4) is 17.1 Å². The second kappa shape index (κ2) is 9.77. The van der Waals surface area contributed by atoms with E-state index in [1.54, 1.807) is 0 Å². The summed E-state index contributed by atoms with van der Waals surface area (Å²) in [5.74, 6) is 1.77. The van der Waals surface area contributed by atoms with Crippen LogP contribution in [0.15, 0.2) is 53.1 Å². The first-order valence-corrected chi connectivity index (χ1v) is 11.1. The van der Waals surface area contributed by atoms with Gasteiger partial charge in [0.2, 0.25) is 11.7 Å². The van der Waals surface area contributed by atoms with E-state index in [1.807, 2.05) is 67.3 Å². The average molecular weight is 420 g/mol. The van der Waals surface area contributed by atoms with Gasteiger partial charge in [-0.1, -0.05) is 48.2 Å². The maximum absolute atomic E-state index is 13.4. The zero-order chi connectivity index (χ0) is 21.6. The molecule has 6 nitrogen and oxygen atoms in total. The van der Waals surface area contributed by atoms with Gasteiger partial charge >= 0.3 is 0 Å². The van der Waals surface area contributed by atoms with Gasteiger partial charge in [-0.15, -0.1) is 0 Å². The van der Waals surface area contributed by atoms with Gasteiger partial charge in [-0.05, 0) is 57.0 Å². The van der Waals surface area contributed by atoms with Gasteiger partial charge in [0.1, 0.15) is 12.3 Å². The summed E-state index contributed by atoms with van der Waals surface area (Å²) in [5.41, 5.74) is 2.70. The lowest BCUT2D eigenvalue weighted by molar-refractivity contribution is 0.0586. The van der Waals surface area contributed by atoms with Gasteiger partial charge in [0, 0.05) is 17.2 Å². The van der Waals surface area contributed by atoms with E-state index < -0.39 is 0 Å². The summed E-state index contributed by atoms with van der Waals surface area (Å²) in [6.45, 7) is 4.89. The van der Waals surface area contributed by atoms with Crippen molar-refractivity contribution in [2.24, 2.45) is 0 Å². The molecule has 162 valence electrons. The molecule has 0 radical (unpaired) electrons. The highest BCUT2D eigenvalue weighted by Crippen LogP contribution is 2.27. The van der Waals surface area contributed by atoms with Crippen molar-refractivity contribution in [3.63, 3.8) is 0 Å². The molecule has 31 heavy (non-hydrogen) atoms. The van der Waals surface area contributed by atoms with Crippen LogP contribution in [0.3, 0.4) is 0 Å². The molecule has 2 aromatic carbocycles. The number of hydrogen-bond donors (Lipinski definition) is 0. The Kier molecular flexibility index (Phi) is 6.65. The van der Waals surface area contributed by atoms with Crippen LogP contribution >= 0.6 is 0 Å². The number of ether oxygens (including phenoxy) is 1. The first kappa shape index (κ1) is 21.1. The van der Waals surface area contributed by atoms with Gasteiger partial charge in [0.05, 0.1) is 6.61 Å². The Morgan fingerprint density at radius 1 is 1.13 bits per heavy atom. The Morgan fingerprint density at radius 3 is 2.61 bits per heavy atom. The first-order chi connectivity index (χ1) is 15.1. The fourth-order valence-electron chi connectivity index (χ4n) is 4.15. The minimum atomic E-state index is -0.00902. The predicted octanol–water partition coefficient (Wildman–Crippen LogP) is 5.42. The van der Waals surface area contributed by atoms with E-state index in [1.165, 1.54) is 6.42 Å². The number of amides is 1. The van der Waals surface area contributed by atoms with Gasteiger partial charge < -0.3 is 14.2 Å². The number of aromatic nitrogens is 2. The molecule has 0 unspecified atom stereocenters. The van der Waals surface area contributed by atoms with Crippen LogP contribution in [0.1, 0.15) is 60.8 Å². The Labute approximate surface area is 183 Å². The summed E-state index contributed by atoms with van der Waals surface area (Å²) in [7, 11) is 0. The normalized spacial score (nSPS) is 14.4. The molecule has 1 aromatic heterocycles. The number of rotatable bonds is 7. The van der Waals surface area contributed by atoms with Crippen molar-refractivity contribution in [1.29, 1.82) is 0 Å². The standard InChI is InChI=1S/C25H29N3O3/c1-3-30-22-14-12-19(13-15-22)25(29)28(21-10-5-4-6-11-21)17-23-26-24(27-31-23)20-9-7-8-18(2)16-20/h7-9,12-16,21H,3-6,10-11,17H2,1-2H3.